The van der Waals surface area contributed by atoms with Crippen LogP contribution in [0.3, 0.4) is 0 Å². The number of aliphatic carboxylic acids is 1. The molecule has 0 saturated carbocycles. The average Bonchev–Trinajstić information content (AvgIpc) is 2.29. The van der Waals surface area contributed by atoms with Gasteiger partial charge in [-0.1, -0.05) is 20.8 Å². The number of hydrogen-bond acceptors (Lipinski definition) is 4. The van der Waals surface area contributed by atoms with Gasteiger partial charge in [-0.15, -0.1) is 0 Å². The van der Waals surface area contributed by atoms with Crippen molar-refractivity contribution in [3.8, 4) is 0 Å². The summed E-state index contributed by atoms with van der Waals surface area (Å²) in [6, 6.07) is 0. The van der Waals surface area contributed by atoms with Crippen molar-refractivity contribution in [2.45, 2.75) is 51.7 Å². The van der Waals surface area contributed by atoms with E-state index in [1.54, 1.807) is 0 Å². The maximum absolute atomic E-state index is 11.7. The Kier molecular flexibility index (Phi) is 5.09. The predicted molar refractivity (Wildman–Crippen MR) is 79.2 cm³/mol. The van der Waals surface area contributed by atoms with Crippen molar-refractivity contribution in [2.75, 3.05) is 13.2 Å². The standard InChI is InChI=1S/C13H24N2O4Si/c1-13(2,3)20(4,5)19-9-8-15-11(16)7-6-10(14-15)12(17)18/h6-9H2,1-5H3,(H,17,18). The highest BCUT2D eigenvalue weighted by Crippen LogP contribution is 2.36. The highest BCUT2D eigenvalue weighted by molar-refractivity contribution is 6.74. The summed E-state index contributed by atoms with van der Waals surface area (Å²) in [6.45, 7) is 11.4. The molecule has 1 aliphatic rings. The summed E-state index contributed by atoms with van der Waals surface area (Å²) in [7, 11) is -1.85. The van der Waals surface area contributed by atoms with Crippen LogP contribution in [0.2, 0.25) is 18.1 Å². The molecule has 1 heterocycles. The number of amides is 1. The van der Waals surface area contributed by atoms with Gasteiger partial charge in [0.2, 0.25) is 5.91 Å². The molecule has 0 aromatic rings. The van der Waals surface area contributed by atoms with Crippen molar-refractivity contribution in [3.63, 3.8) is 0 Å². The molecule has 0 fully saturated rings. The normalized spacial score (nSPS) is 17.1. The Bertz CT molecular complexity index is 427. The van der Waals surface area contributed by atoms with Crippen LogP contribution in [0.15, 0.2) is 5.10 Å². The molecule has 6 nitrogen and oxygen atoms in total. The third-order valence-electron chi connectivity index (χ3n) is 3.92. The molecule has 0 aromatic carbocycles. The van der Waals surface area contributed by atoms with Gasteiger partial charge in [0.25, 0.3) is 0 Å². The molecule has 0 atom stereocenters. The van der Waals surface area contributed by atoms with Crippen LogP contribution in [0, 0.1) is 0 Å². The van der Waals surface area contributed by atoms with Crippen LogP contribution in [0.25, 0.3) is 0 Å². The third kappa shape index (κ3) is 4.14. The SMILES string of the molecule is CC(C)(C)[Si](C)(C)OCCN1N=C(C(=O)O)CCC1=O. The maximum Gasteiger partial charge on any atom is 0.352 e. The topological polar surface area (TPSA) is 79.2 Å². The Morgan fingerprint density at radius 2 is 2.00 bits per heavy atom. The molecule has 1 aliphatic heterocycles. The van der Waals surface area contributed by atoms with Crippen LogP contribution in [0.4, 0.5) is 0 Å². The van der Waals surface area contributed by atoms with Crippen LogP contribution in [-0.4, -0.2) is 49.2 Å². The van der Waals surface area contributed by atoms with Gasteiger partial charge in [-0.2, -0.15) is 5.10 Å². The smallest absolute Gasteiger partial charge is 0.352 e. The van der Waals surface area contributed by atoms with E-state index in [-0.39, 0.29) is 29.5 Å². The Morgan fingerprint density at radius 1 is 1.40 bits per heavy atom. The lowest BCUT2D eigenvalue weighted by molar-refractivity contribution is -0.133. The average molecular weight is 300 g/mol. The lowest BCUT2D eigenvalue weighted by atomic mass is 10.2. The van der Waals surface area contributed by atoms with Crippen molar-refractivity contribution in [2.24, 2.45) is 5.10 Å². The Balaban J connectivity index is 2.59. The van der Waals surface area contributed by atoms with Gasteiger partial charge < -0.3 is 9.53 Å². The summed E-state index contributed by atoms with van der Waals surface area (Å²) < 4.78 is 5.97. The molecule has 20 heavy (non-hydrogen) atoms. The molecule has 0 spiro atoms. The molecule has 0 radical (unpaired) electrons. The largest absolute Gasteiger partial charge is 0.477 e. The van der Waals surface area contributed by atoms with E-state index in [1.165, 1.54) is 5.01 Å². The second-order valence-electron chi connectivity index (χ2n) is 6.48. The first-order chi connectivity index (χ1) is 9.04. The van der Waals surface area contributed by atoms with Crippen LogP contribution in [0.1, 0.15) is 33.6 Å². The van der Waals surface area contributed by atoms with Crippen molar-refractivity contribution in [1.82, 2.24) is 5.01 Å². The van der Waals surface area contributed by atoms with Crippen LogP contribution < -0.4 is 0 Å². The lowest BCUT2D eigenvalue weighted by Crippen LogP contribution is -2.43. The minimum Gasteiger partial charge on any atom is -0.477 e. The summed E-state index contributed by atoms with van der Waals surface area (Å²) >= 11 is 0. The molecular formula is C13H24N2O4Si. The van der Waals surface area contributed by atoms with E-state index in [0.717, 1.165) is 0 Å². The summed E-state index contributed by atoms with van der Waals surface area (Å²) in [6.07, 6.45) is 0.402. The zero-order valence-electron chi connectivity index (χ0n) is 12.9. The zero-order valence-corrected chi connectivity index (χ0v) is 13.9. The van der Waals surface area contributed by atoms with Crippen molar-refractivity contribution in [1.29, 1.82) is 0 Å². The first-order valence-electron chi connectivity index (χ1n) is 6.80. The van der Waals surface area contributed by atoms with Gasteiger partial charge in [0.15, 0.2) is 8.32 Å². The van der Waals surface area contributed by atoms with Gasteiger partial charge in [-0.05, 0) is 18.1 Å². The molecule has 0 aliphatic carbocycles. The fraction of sp³-hybridized carbons (Fsp3) is 0.769. The summed E-state index contributed by atoms with van der Waals surface area (Å²) in [4.78, 5) is 22.6. The number of rotatable bonds is 5. The molecule has 0 saturated heterocycles. The molecule has 0 unspecified atom stereocenters. The highest BCUT2D eigenvalue weighted by Gasteiger charge is 2.37. The first-order valence-corrected chi connectivity index (χ1v) is 9.70. The minimum absolute atomic E-state index is 0.0388. The highest BCUT2D eigenvalue weighted by atomic mass is 28.4. The number of nitrogens with zero attached hydrogens (tertiary/aromatic N) is 2. The Hall–Kier alpha value is -1.21. The van der Waals surface area contributed by atoms with E-state index < -0.39 is 14.3 Å². The molecule has 0 aromatic heterocycles. The molecule has 1 amide bonds. The molecule has 1 N–H and O–H groups in total. The van der Waals surface area contributed by atoms with Crippen molar-refractivity contribution >= 4 is 25.9 Å². The van der Waals surface area contributed by atoms with Crippen molar-refractivity contribution in [3.05, 3.63) is 0 Å². The number of carboxylic acids is 1. The molecule has 0 bridgehead atoms. The van der Waals surface area contributed by atoms with E-state index in [0.29, 0.717) is 13.2 Å². The number of hydrazone groups is 1. The number of carbonyl (C=O) groups is 2. The quantitative estimate of drug-likeness (QED) is 0.788. The second kappa shape index (κ2) is 6.05. The molecule has 7 heteroatoms. The summed E-state index contributed by atoms with van der Waals surface area (Å²) in [5.41, 5.74) is 0.0388. The Labute approximate surface area is 120 Å². The van der Waals surface area contributed by atoms with Gasteiger partial charge in [-0.3, -0.25) is 4.79 Å². The fourth-order valence-electron chi connectivity index (χ4n) is 1.53. The van der Waals surface area contributed by atoms with Crippen LogP contribution in [0.5, 0.6) is 0 Å². The minimum atomic E-state index is -1.85. The number of hydrogen-bond donors (Lipinski definition) is 1. The van der Waals surface area contributed by atoms with E-state index in [4.69, 9.17) is 9.53 Å². The number of carboxylic acid groups (broad SMARTS) is 1. The van der Waals surface area contributed by atoms with E-state index in [1.807, 2.05) is 0 Å². The first kappa shape index (κ1) is 16.8. The Morgan fingerprint density at radius 3 is 2.50 bits per heavy atom. The summed E-state index contributed by atoms with van der Waals surface area (Å²) in [5.74, 6) is -1.21. The van der Waals surface area contributed by atoms with E-state index >= 15 is 0 Å². The molecule has 1 rings (SSSR count). The fourth-order valence-corrected chi connectivity index (χ4v) is 2.57. The van der Waals surface area contributed by atoms with Crippen molar-refractivity contribution < 1.29 is 19.1 Å². The predicted octanol–water partition coefficient (Wildman–Crippen LogP) is 2.07. The van der Waals surface area contributed by atoms with Crippen LogP contribution in [-0.2, 0) is 14.0 Å². The van der Waals surface area contributed by atoms with Crippen LogP contribution >= 0.6 is 0 Å². The van der Waals surface area contributed by atoms with Gasteiger partial charge in [0, 0.05) is 12.8 Å². The second-order valence-corrected chi connectivity index (χ2v) is 11.3. The van der Waals surface area contributed by atoms with E-state index in [9.17, 15) is 9.59 Å². The third-order valence-corrected chi connectivity index (χ3v) is 8.46. The molecule has 114 valence electrons. The monoisotopic (exact) mass is 300 g/mol. The zero-order chi connectivity index (χ0) is 15.6. The van der Waals surface area contributed by atoms with Gasteiger partial charge in [0.05, 0.1) is 13.2 Å². The van der Waals surface area contributed by atoms with E-state index in [2.05, 4.69) is 39.0 Å². The lowest BCUT2D eigenvalue weighted by Gasteiger charge is -2.36. The maximum atomic E-state index is 11.7. The van der Waals surface area contributed by atoms with Gasteiger partial charge >= 0.3 is 5.97 Å². The van der Waals surface area contributed by atoms with Gasteiger partial charge in [0.1, 0.15) is 5.71 Å². The number of carbonyl (C=O) groups excluding carboxylic acids is 1. The molecular weight excluding hydrogens is 276 g/mol. The summed E-state index contributed by atoms with van der Waals surface area (Å²) in [5, 5.41) is 14.1. The van der Waals surface area contributed by atoms with Gasteiger partial charge in [-0.25, -0.2) is 9.80 Å².